The van der Waals surface area contributed by atoms with Gasteiger partial charge in [-0.3, -0.25) is 4.90 Å². The molecule has 1 fully saturated rings. The van der Waals surface area contributed by atoms with Crippen molar-refractivity contribution < 1.29 is 8.42 Å². The number of nitrogens with two attached hydrogens (primary N) is 1. The molecule has 0 aliphatic carbocycles. The van der Waals surface area contributed by atoms with E-state index in [1.807, 2.05) is 25.2 Å². The molecule has 1 saturated heterocycles. The monoisotopic (exact) mass is 332 g/mol. The van der Waals surface area contributed by atoms with Gasteiger partial charge in [-0.25, -0.2) is 8.42 Å². The topological polar surface area (TPSA) is 63.4 Å². The highest BCUT2D eigenvalue weighted by atomic mass is 79.9. The van der Waals surface area contributed by atoms with Crippen molar-refractivity contribution in [3.8, 4) is 0 Å². The van der Waals surface area contributed by atoms with Gasteiger partial charge in [0.1, 0.15) is 0 Å². The van der Waals surface area contributed by atoms with Crippen LogP contribution >= 0.6 is 15.9 Å². The first-order valence-electron chi connectivity index (χ1n) is 5.82. The summed E-state index contributed by atoms with van der Waals surface area (Å²) in [6.45, 7) is 0.700. The van der Waals surface area contributed by atoms with E-state index in [0.717, 1.165) is 22.1 Å². The molecule has 0 aromatic heterocycles. The van der Waals surface area contributed by atoms with Gasteiger partial charge in [0.15, 0.2) is 9.84 Å². The largest absolute Gasteiger partial charge is 0.399 e. The Hall–Kier alpha value is -0.590. The van der Waals surface area contributed by atoms with Gasteiger partial charge >= 0.3 is 0 Å². The molecular weight excluding hydrogens is 316 g/mol. The van der Waals surface area contributed by atoms with Gasteiger partial charge in [-0.05, 0) is 37.2 Å². The Balaban J connectivity index is 2.08. The lowest BCUT2D eigenvalue weighted by Crippen LogP contribution is -2.32. The molecule has 6 heteroatoms. The van der Waals surface area contributed by atoms with Crippen molar-refractivity contribution in [1.82, 2.24) is 4.90 Å². The molecule has 0 bridgehead atoms. The fraction of sp³-hybridized carbons (Fsp3) is 0.500. The van der Waals surface area contributed by atoms with Crippen LogP contribution in [0.4, 0.5) is 5.69 Å². The van der Waals surface area contributed by atoms with Crippen LogP contribution in [-0.4, -0.2) is 37.9 Å². The van der Waals surface area contributed by atoms with E-state index in [2.05, 4.69) is 20.8 Å². The van der Waals surface area contributed by atoms with Crippen LogP contribution in [0.15, 0.2) is 22.7 Å². The van der Waals surface area contributed by atoms with Gasteiger partial charge in [-0.1, -0.05) is 15.9 Å². The number of sulfone groups is 1. The standard InChI is InChI=1S/C12H17BrN2O2S/c1-15(11-4-5-18(16,17)8-11)7-9-6-10(14)2-3-12(9)13/h2-3,6,11H,4-5,7-8,14H2,1H3. The number of hydrogen-bond donors (Lipinski definition) is 1. The zero-order valence-corrected chi connectivity index (χ0v) is 12.7. The highest BCUT2D eigenvalue weighted by Gasteiger charge is 2.30. The molecule has 1 heterocycles. The zero-order valence-electron chi connectivity index (χ0n) is 10.3. The van der Waals surface area contributed by atoms with E-state index in [9.17, 15) is 8.42 Å². The van der Waals surface area contributed by atoms with Crippen molar-refractivity contribution in [2.45, 2.75) is 19.0 Å². The summed E-state index contributed by atoms with van der Waals surface area (Å²) in [5.74, 6) is 0.573. The number of halogens is 1. The number of anilines is 1. The van der Waals surface area contributed by atoms with Crippen LogP contribution in [0.25, 0.3) is 0 Å². The molecule has 0 saturated carbocycles. The molecule has 2 rings (SSSR count). The SMILES string of the molecule is CN(Cc1cc(N)ccc1Br)C1CCS(=O)(=O)C1. The van der Waals surface area contributed by atoms with Gasteiger partial charge in [-0.2, -0.15) is 0 Å². The third kappa shape index (κ3) is 3.24. The summed E-state index contributed by atoms with van der Waals surface area (Å²) in [4.78, 5) is 2.09. The molecule has 0 amide bonds. The van der Waals surface area contributed by atoms with E-state index < -0.39 is 9.84 Å². The summed E-state index contributed by atoms with van der Waals surface area (Å²) in [6.07, 6.45) is 0.721. The molecule has 4 nitrogen and oxygen atoms in total. The maximum Gasteiger partial charge on any atom is 0.151 e. The molecule has 1 unspecified atom stereocenters. The molecule has 1 atom stereocenters. The Morgan fingerprint density at radius 1 is 1.50 bits per heavy atom. The van der Waals surface area contributed by atoms with Crippen molar-refractivity contribution in [1.29, 1.82) is 0 Å². The average molecular weight is 333 g/mol. The van der Waals surface area contributed by atoms with E-state index >= 15 is 0 Å². The predicted octanol–water partition coefficient (Wildman–Crippen LogP) is 1.65. The average Bonchev–Trinajstić information content (AvgIpc) is 2.64. The third-order valence-corrected chi connectivity index (χ3v) is 5.85. The summed E-state index contributed by atoms with van der Waals surface area (Å²) in [6, 6.07) is 5.80. The number of nitrogens with zero attached hydrogens (tertiary/aromatic N) is 1. The van der Waals surface area contributed by atoms with Crippen LogP contribution in [-0.2, 0) is 16.4 Å². The van der Waals surface area contributed by atoms with Gasteiger partial charge < -0.3 is 5.73 Å². The first-order chi connectivity index (χ1) is 8.37. The smallest absolute Gasteiger partial charge is 0.151 e. The first kappa shape index (κ1) is 13.8. The Kier molecular flexibility index (Phi) is 3.99. The van der Waals surface area contributed by atoms with Gasteiger partial charge in [0.2, 0.25) is 0 Å². The zero-order chi connectivity index (χ0) is 13.3. The quantitative estimate of drug-likeness (QED) is 0.855. The number of rotatable bonds is 3. The number of nitrogen functional groups attached to an aromatic ring is 1. The lowest BCUT2D eigenvalue weighted by atomic mass is 10.1. The first-order valence-corrected chi connectivity index (χ1v) is 8.43. The van der Waals surface area contributed by atoms with Crippen molar-refractivity contribution >= 4 is 31.5 Å². The fourth-order valence-corrected chi connectivity index (χ4v) is 4.41. The van der Waals surface area contributed by atoms with Crippen molar-refractivity contribution in [3.05, 3.63) is 28.2 Å². The highest BCUT2D eigenvalue weighted by molar-refractivity contribution is 9.10. The molecule has 2 N–H and O–H groups in total. The van der Waals surface area contributed by atoms with Gasteiger partial charge in [0, 0.05) is 22.7 Å². The lowest BCUT2D eigenvalue weighted by Gasteiger charge is -2.23. The molecule has 1 aliphatic rings. The second-order valence-electron chi connectivity index (χ2n) is 4.82. The van der Waals surface area contributed by atoms with E-state index in [0.29, 0.717) is 12.3 Å². The van der Waals surface area contributed by atoms with Crippen molar-refractivity contribution in [3.63, 3.8) is 0 Å². The van der Waals surface area contributed by atoms with Crippen LogP contribution in [0.2, 0.25) is 0 Å². The summed E-state index contributed by atoms with van der Waals surface area (Å²) in [7, 11) is -0.870. The van der Waals surface area contributed by atoms with Gasteiger partial charge in [-0.15, -0.1) is 0 Å². The summed E-state index contributed by atoms with van der Waals surface area (Å²) in [5, 5.41) is 0. The van der Waals surface area contributed by atoms with Gasteiger partial charge in [0.25, 0.3) is 0 Å². The normalized spacial score (nSPS) is 22.5. The fourth-order valence-electron chi connectivity index (χ4n) is 2.24. The summed E-state index contributed by atoms with van der Waals surface area (Å²) in [5.41, 5.74) is 7.57. The van der Waals surface area contributed by atoms with E-state index in [4.69, 9.17) is 5.73 Å². The van der Waals surface area contributed by atoms with Gasteiger partial charge in [0.05, 0.1) is 11.5 Å². The predicted molar refractivity (Wildman–Crippen MR) is 77.1 cm³/mol. The molecule has 18 heavy (non-hydrogen) atoms. The molecule has 0 spiro atoms. The lowest BCUT2D eigenvalue weighted by molar-refractivity contribution is 0.253. The van der Waals surface area contributed by atoms with E-state index in [1.54, 1.807) is 0 Å². The van der Waals surface area contributed by atoms with Crippen LogP contribution < -0.4 is 5.73 Å². The summed E-state index contributed by atoms with van der Waals surface area (Å²) >= 11 is 3.49. The van der Waals surface area contributed by atoms with Crippen molar-refractivity contribution in [2.24, 2.45) is 0 Å². The number of hydrogen-bond acceptors (Lipinski definition) is 4. The van der Waals surface area contributed by atoms with E-state index in [1.165, 1.54) is 0 Å². The third-order valence-electron chi connectivity index (χ3n) is 3.32. The Morgan fingerprint density at radius 3 is 2.83 bits per heavy atom. The Morgan fingerprint density at radius 2 is 2.22 bits per heavy atom. The minimum absolute atomic E-state index is 0.114. The highest BCUT2D eigenvalue weighted by Crippen LogP contribution is 2.24. The maximum atomic E-state index is 11.5. The number of benzene rings is 1. The minimum atomic E-state index is -2.83. The molecule has 100 valence electrons. The summed E-state index contributed by atoms with van der Waals surface area (Å²) < 4.78 is 23.9. The minimum Gasteiger partial charge on any atom is -0.399 e. The molecule has 0 radical (unpaired) electrons. The maximum absolute atomic E-state index is 11.5. The molecular formula is C12H17BrN2O2S. The Labute approximate surface area is 116 Å². The molecule has 1 aliphatic heterocycles. The van der Waals surface area contributed by atoms with Crippen LogP contribution in [0, 0.1) is 0 Å². The molecule has 1 aromatic rings. The van der Waals surface area contributed by atoms with Crippen molar-refractivity contribution in [2.75, 3.05) is 24.3 Å². The van der Waals surface area contributed by atoms with Crippen LogP contribution in [0.5, 0.6) is 0 Å². The second-order valence-corrected chi connectivity index (χ2v) is 7.91. The second kappa shape index (κ2) is 5.19. The van der Waals surface area contributed by atoms with E-state index in [-0.39, 0.29) is 11.8 Å². The molecule has 1 aromatic carbocycles. The Bertz CT molecular complexity index is 545. The van der Waals surface area contributed by atoms with Crippen LogP contribution in [0.3, 0.4) is 0 Å². The van der Waals surface area contributed by atoms with Crippen LogP contribution in [0.1, 0.15) is 12.0 Å².